The van der Waals surface area contributed by atoms with Crippen LogP contribution in [0.5, 0.6) is 5.75 Å². The molecule has 3 aromatic rings. The third-order valence-electron chi connectivity index (χ3n) is 6.56. The molecule has 8 nitrogen and oxygen atoms in total. The maximum atomic E-state index is 5.28. The van der Waals surface area contributed by atoms with Crippen LogP contribution in [0.3, 0.4) is 0 Å². The summed E-state index contributed by atoms with van der Waals surface area (Å²) in [4.78, 5) is 11.6. The van der Waals surface area contributed by atoms with Crippen LogP contribution < -0.4 is 10.2 Å². The summed E-state index contributed by atoms with van der Waals surface area (Å²) >= 11 is 0. The second-order valence-corrected chi connectivity index (χ2v) is 8.76. The van der Waals surface area contributed by atoms with Gasteiger partial charge in [-0.15, -0.1) is 0 Å². The normalized spacial score (nSPS) is 21.1. The minimum Gasteiger partial charge on any atom is -0.497 e. The van der Waals surface area contributed by atoms with Gasteiger partial charge in [0.05, 0.1) is 25.5 Å². The van der Waals surface area contributed by atoms with E-state index in [1.807, 2.05) is 41.6 Å². The number of rotatable bonds is 6. The number of piperidine rings is 1. The second kappa shape index (κ2) is 9.33. The third kappa shape index (κ3) is 4.36. The van der Waals surface area contributed by atoms with Crippen LogP contribution in [0.2, 0.25) is 0 Å². The van der Waals surface area contributed by atoms with Crippen LogP contribution >= 0.6 is 0 Å². The molecule has 1 fully saturated rings. The summed E-state index contributed by atoms with van der Waals surface area (Å²) in [5.74, 6) is 0.849. The van der Waals surface area contributed by atoms with E-state index in [0.29, 0.717) is 12.7 Å². The highest BCUT2D eigenvalue weighted by Gasteiger charge is 2.27. The first-order chi connectivity index (χ1) is 16.1. The third-order valence-corrected chi connectivity index (χ3v) is 6.56. The minimum atomic E-state index is -0.0341. The SMILES string of the molecule is COc1ccc(Cn2nc(C)c3c(C4C=NC=CN4NC4CCCCN4C)ccnc32)cc1. The number of hydrogen-bond acceptors (Lipinski definition) is 7. The van der Waals surface area contributed by atoms with Crippen LogP contribution in [-0.4, -0.2) is 57.8 Å². The lowest BCUT2D eigenvalue weighted by molar-refractivity contribution is 0.0737. The molecule has 0 saturated carbocycles. The molecule has 2 aliphatic heterocycles. The molecule has 33 heavy (non-hydrogen) atoms. The number of aliphatic imine (C=N–C) groups is 1. The summed E-state index contributed by atoms with van der Waals surface area (Å²) in [6.45, 7) is 3.82. The fourth-order valence-corrected chi connectivity index (χ4v) is 4.74. The number of ether oxygens (including phenoxy) is 1. The van der Waals surface area contributed by atoms with E-state index in [1.165, 1.54) is 12.8 Å². The molecule has 1 aromatic carbocycles. The summed E-state index contributed by atoms with van der Waals surface area (Å²) in [6.07, 6.45) is 11.7. The zero-order valence-corrected chi connectivity index (χ0v) is 19.5. The number of likely N-dealkylation sites (tertiary alicyclic amines) is 1. The van der Waals surface area contributed by atoms with Crippen molar-refractivity contribution < 1.29 is 4.74 Å². The van der Waals surface area contributed by atoms with Crippen LogP contribution in [0.15, 0.2) is 53.9 Å². The zero-order chi connectivity index (χ0) is 22.8. The van der Waals surface area contributed by atoms with Crippen molar-refractivity contribution in [2.24, 2.45) is 4.99 Å². The van der Waals surface area contributed by atoms with Gasteiger partial charge < -0.3 is 4.74 Å². The van der Waals surface area contributed by atoms with Crippen LogP contribution in [0, 0.1) is 6.92 Å². The quantitative estimate of drug-likeness (QED) is 0.625. The first kappa shape index (κ1) is 21.6. The van der Waals surface area contributed by atoms with E-state index < -0.39 is 0 Å². The molecule has 2 atom stereocenters. The zero-order valence-electron chi connectivity index (χ0n) is 19.5. The van der Waals surface area contributed by atoms with Crippen LogP contribution in [-0.2, 0) is 6.54 Å². The van der Waals surface area contributed by atoms with Gasteiger partial charge in [0.25, 0.3) is 0 Å². The van der Waals surface area contributed by atoms with Gasteiger partial charge in [0.15, 0.2) is 5.65 Å². The van der Waals surface area contributed by atoms with Crippen molar-refractivity contribution in [2.75, 3.05) is 20.7 Å². The first-order valence-electron chi connectivity index (χ1n) is 11.5. The molecule has 2 unspecified atom stereocenters. The summed E-state index contributed by atoms with van der Waals surface area (Å²) < 4.78 is 7.27. The Balaban J connectivity index is 1.46. The van der Waals surface area contributed by atoms with E-state index in [2.05, 4.69) is 52.5 Å². The van der Waals surface area contributed by atoms with Gasteiger partial charge in [0.2, 0.25) is 0 Å². The molecule has 0 spiro atoms. The summed E-state index contributed by atoms with van der Waals surface area (Å²) in [6, 6.07) is 10.1. The van der Waals surface area contributed by atoms with Gasteiger partial charge >= 0.3 is 0 Å². The van der Waals surface area contributed by atoms with Crippen molar-refractivity contribution >= 4 is 17.2 Å². The second-order valence-electron chi connectivity index (χ2n) is 8.76. The highest BCUT2D eigenvalue weighted by molar-refractivity contribution is 5.86. The molecular formula is C25H31N7O. The standard InChI is InChI=1S/C25H31N7O/c1-18-24-21(22-16-26-13-15-31(22)29-23-6-4-5-14-30(23)2)11-12-27-25(24)32(28-18)17-19-7-9-20(33-3)10-8-19/h7-13,15-16,22-23,29H,4-6,14,17H2,1-3H3. The molecule has 5 rings (SSSR count). The molecule has 2 aromatic heterocycles. The molecule has 0 bridgehead atoms. The number of hydrazine groups is 1. The van der Waals surface area contributed by atoms with E-state index in [4.69, 9.17) is 14.8 Å². The Morgan fingerprint density at radius 3 is 2.79 bits per heavy atom. The summed E-state index contributed by atoms with van der Waals surface area (Å²) in [7, 11) is 3.87. The number of nitrogens with zero attached hydrogens (tertiary/aromatic N) is 6. The lowest BCUT2D eigenvalue weighted by atomic mass is 10.0. The molecule has 1 N–H and O–H groups in total. The molecular weight excluding hydrogens is 414 g/mol. The summed E-state index contributed by atoms with van der Waals surface area (Å²) in [5, 5.41) is 8.11. The predicted octanol–water partition coefficient (Wildman–Crippen LogP) is 3.64. The molecule has 8 heteroatoms. The van der Waals surface area contributed by atoms with Crippen LogP contribution in [0.4, 0.5) is 0 Å². The minimum absolute atomic E-state index is 0.0341. The average Bonchev–Trinajstić information content (AvgIpc) is 3.17. The van der Waals surface area contributed by atoms with E-state index in [-0.39, 0.29) is 6.04 Å². The van der Waals surface area contributed by atoms with Gasteiger partial charge in [-0.3, -0.25) is 14.9 Å². The van der Waals surface area contributed by atoms with Crippen molar-refractivity contribution in [1.29, 1.82) is 0 Å². The predicted molar refractivity (Wildman–Crippen MR) is 130 cm³/mol. The molecule has 2 aliphatic rings. The monoisotopic (exact) mass is 445 g/mol. The van der Waals surface area contributed by atoms with Crippen molar-refractivity contribution in [1.82, 2.24) is 30.1 Å². The van der Waals surface area contributed by atoms with Gasteiger partial charge in [0.1, 0.15) is 11.8 Å². The van der Waals surface area contributed by atoms with E-state index in [1.54, 1.807) is 7.11 Å². The van der Waals surface area contributed by atoms with Crippen molar-refractivity contribution in [3.8, 4) is 5.75 Å². The topological polar surface area (TPSA) is 70.8 Å². The Labute approximate surface area is 194 Å². The number of methoxy groups -OCH3 is 1. The Hall–Kier alpha value is -3.23. The van der Waals surface area contributed by atoms with Gasteiger partial charge in [-0.1, -0.05) is 12.1 Å². The first-order valence-corrected chi connectivity index (χ1v) is 11.5. The van der Waals surface area contributed by atoms with Gasteiger partial charge in [-0.05, 0) is 69.1 Å². The maximum Gasteiger partial charge on any atom is 0.158 e. The van der Waals surface area contributed by atoms with Gasteiger partial charge in [0, 0.05) is 30.2 Å². The molecule has 0 amide bonds. The maximum absolute atomic E-state index is 5.28. The number of fused-ring (bicyclic) bond motifs is 1. The Morgan fingerprint density at radius 1 is 1.15 bits per heavy atom. The molecule has 172 valence electrons. The number of pyridine rings is 1. The van der Waals surface area contributed by atoms with Crippen LogP contribution in [0.1, 0.15) is 42.1 Å². The Bertz CT molecular complexity index is 1170. The molecule has 0 aliphatic carbocycles. The van der Waals surface area contributed by atoms with Gasteiger partial charge in [-0.25, -0.2) is 15.1 Å². The molecule has 0 radical (unpaired) electrons. The van der Waals surface area contributed by atoms with E-state index in [0.717, 1.165) is 46.6 Å². The Kier molecular flexibility index (Phi) is 6.11. The number of aryl methyl sites for hydroxylation is 1. The van der Waals surface area contributed by atoms with Crippen molar-refractivity contribution in [3.05, 3.63) is 65.7 Å². The fraction of sp³-hybridized carbons (Fsp3) is 0.400. The van der Waals surface area contributed by atoms with E-state index in [9.17, 15) is 0 Å². The fourth-order valence-electron chi connectivity index (χ4n) is 4.74. The number of hydrogen-bond donors (Lipinski definition) is 1. The molecule has 4 heterocycles. The summed E-state index contributed by atoms with van der Waals surface area (Å²) in [5.41, 5.74) is 7.88. The van der Waals surface area contributed by atoms with Gasteiger partial charge in [-0.2, -0.15) is 5.10 Å². The highest BCUT2D eigenvalue weighted by atomic mass is 16.5. The lowest BCUT2D eigenvalue weighted by Gasteiger charge is -2.39. The lowest BCUT2D eigenvalue weighted by Crippen LogP contribution is -2.53. The Morgan fingerprint density at radius 2 is 2.00 bits per heavy atom. The largest absolute Gasteiger partial charge is 0.497 e. The van der Waals surface area contributed by atoms with Crippen molar-refractivity contribution in [2.45, 2.75) is 44.9 Å². The van der Waals surface area contributed by atoms with E-state index >= 15 is 0 Å². The number of benzene rings is 1. The highest BCUT2D eigenvalue weighted by Crippen LogP contribution is 2.30. The average molecular weight is 446 g/mol. The molecule has 1 saturated heterocycles. The van der Waals surface area contributed by atoms with Crippen LogP contribution in [0.25, 0.3) is 11.0 Å². The number of nitrogens with one attached hydrogen (secondary N) is 1. The van der Waals surface area contributed by atoms with Crippen molar-refractivity contribution in [3.63, 3.8) is 0 Å². The smallest absolute Gasteiger partial charge is 0.158 e. The number of aromatic nitrogens is 3.